The number of nitriles is 1. The van der Waals surface area contributed by atoms with Crippen LogP contribution in [0.3, 0.4) is 0 Å². The first-order valence-electron chi connectivity index (χ1n) is 4.31. The van der Waals surface area contributed by atoms with Crippen LogP contribution in [0.5, 0.6) is 0 Å². The van der Waals surface area contributed by atoms with E-state index in [0.717, 1.165) is 11.1 Å². The van der Waals surface area contributed by atoms with E-state index in [1.54, 1.807) is 0 Å². The Morgan fingerprint density at radius 1 is 1.46 bits per heavy atom. The molecule has 0 fully saturated rings. The van der Waals surface area contributed by atoms with Crippen molar-refractivity contribution in [3.8, 4) is 6.07 Å². The van der Waals surface area contributed by atoms with Crippen molar-refractivity contribution in [2.75, 3.05) is 0 Å². The second-order valence-corrected chi connectivity index (χ2v) is 3.14. The summed E-state index contributed by atoms with van der Waals surface area (Å²) in [5, 5.41) is 8.47. The Kier molecular flexibility index (Phi) is 3.45. The first-order chi connectivity index (χ1) is 6.22. The van der Waals surface area contributed by atoms with Gasteiger partial charge in [-0.2, -0.15) is 5.26 Å². The molecule has 0 N–H and O–H groups in total. The summed E-state index contributed by atoms with van der Waals surface area (Å²) in [6.45, 7) is 1.54. The maximum Gasteiger partial charge on any atom is 0.101 e. The molecule has 0 aliphatic carbocycles. The minimum atomic E-state index is -0.822. The number of halogens is 1. The van der Waals surface area contributed by atoms with E-state index < -0.39 is 6.17 Å². The van der Waals surface area contributed by atoms with Crippen LogP contribution >= 0.6 is 0 Å². The number of hydrogen-bond donors (Lipinski definition) is 0. The first-order valence-corrected chi connectivity index (χ1v) is 4.31. The Hall–Kier alpha value is -1.36. The Bertz CT molecular complexity index is 312. The van der Waals surface area contributed by atoms with Gasteiger partial charge in [-0.05, 0) is 18.1 Å². The summed E-state index contributed by atoms with van der Waals surface area (Å²) in [6, 6.07) is 9.59. The van der Waals surface area contributed by atoms with Gasteiger partial charge < -0.3 is 0 Å². The number of rotatable bonds is 3. The molecule has 1 atom stereocenters. The van der Waals surface area contributed by atoms with Crippen molar-refractivity contribution in [2.24, 2.45) is 0 Å². The minimum absolute atomic E-state index is 0.397. The van der Waals surface area contributed by atoms with E-state index >= 15 is 0 Å². The quantitative estimate of drug-likeness (QED) is 0.696. The second-order valence-electron chi connectivity index (χ2n) is 3.14. The lowest BCUT2D eigenvalue weighted by atomic mass is 10.0. The van der Waals surface area contributed by atoms with Crippen molar-refractivity contribution in [1.29, 1.82) is 5.26 Å². The number of hydrogen-bond acceptors (Lipinski definition) is 1. The highest BCUT2D eigenvalue weighted by molar-refractivity contribution is 5.25. The maximum atomic E-state index is 12.6. The van der Waals surface area contributed by atoms with Gasteiger partial charge in [0.2, 0.25) is 0 Å². The standard InChI is InChI=1S/C11H12FN/c1-9(12)7-11-4-2-3-10(8-11)5-6-13/h2-4,8-9H,5,7H2,1H3. The third kappa shape index (κ3) is 3.25. The van der Waals surface area contributed by atoms with Gasteiger partial charge in [0.05, 0.1) is 12.5 Å². The fourth-order valence-corrected chi connectivity index (χ4v) is 1.28. The molecule has 0 aliphatic rings. The molecule has 0 heterocycles. The van der Waals surface area contributed by atoms with Crippen molar-refractivity contribution < 1.29 is 4.39 Å². The van der Waals surface area contributed by atoms with Crippen LogP contribution in [0.15, 0.2) is 24.3 Å². The van der Waals surface area contributed by atoms with Gasteiger partial charge in [-0.15, -0.1) is 0 Å². The van der Waals surface area contributed by atoms with E-state index in [9.17, 15) is 4.39 Å². The lowest BCUT2D eigenvalue weighted by Gasteiger charge is -2.03. The molecule has 1 aromatic rings. The van der Waals surface area contributed by atoms with E-state index in [0.29, 0.717) is 12.8 Å². The zero-order valence-electron chi connectivity index (χ0n) is 7.63. The van der Waals surface area contributed by atoms with Crippen LogP contribution in [-0.2, 0) is 12.8 Å². The molecule has 0 bridgehead atoms. The van der Waals surface area contributed by atoms with Crippen LogP contribution < -0.4 is 0 Å². The molecule has 0 saturated carbocycles. The number of nitrogens with zero attached hydrogens (tertiary/aromatic N) is 1. The summed E-state index contributed by atoms with van der Waals surface area (Å²) >= 11 is 0. The van der Waals surface area contributed by atoms with Crippen LogP contribution in [0.1, 0.15) is 18.1 Å². The molecule has 2 heteroatoms. The average Bonchev–Trinajstić information content (AvgIpc) is 2.04. The predicted octanol–water partition coefficient (Wildman–Crippen LogP) is 2.65. The number of benzene rings is 1. The average molecular weight is 177 g/mol. The molecular formula is C11H12FN. The third-order valence-electron chi connectivity index (χ3n) is 1.79. The van der Waals surface area contributed by atoms with Crippen molar-refractivity contribution in [2.45, 2.75) is 25.9 Å². The van der Waals surface area contributed by atoms with Crippen LogP contribution in [0.4, 0.5) is 4.39 Å². The normalized spacial score (nSPS) is 12.1. The van der Waals surface area contributed by atoms with Crippen molar-refractivity contribution in [1.82, 2.24) is 0 Å². The molecule has 13 heavy (non-hydrogen) atoms. The van der Waals surface area contributed by atoms with Crippen molar-refractivity contribution in [3.63, 3.8) is 0 Å². The highest BCUT2D eigenvalue weighted by atomic mass is 19.1. The third-order valence-corrected chi connectivity index (χ3v) is 1.79. The fourth-order valence-electron chi connectivity index (χ4n) is 1.28. The highest BCUT2D eigenvalue weighted by Gasteiger charge is 2.01. The van der Waals surface area contributed by atoms with Gasteiger partial charge >= 0.3 is 0 Å². The lowest BCUT2D eigenvalue weighted by molar-refractivity contribution is 0.360. The molecule has 68 valence electrons. The van der Waals surface area contributed by atoms with Crippen molar-refractivity contribution >= 4 is 0 Å². The molecule has 0 radical (unpaired) electrons. The first kappa shape index (κ1) is 9.73. The highest BCUT2D eigenvalue weighted by Crippen LogP contribution is 2.09. The molecule has 1 unspecified atom stereocenters. The molecule has 0 amide bonds. The minimum Gasteiger partial charge on any atom is -0.247 e. The SMILES string of the molecule is CC(F)Cc1cccc(CC#N)c1. The molecule has 1 nitrogen and oxygen atoms in total. The van der Waals surface area contributed by atoms with E-state index in [-0.39, 0.29) is 0 Å². The smallest absolute Gasteiger partial charge is 0.101 e. The van der Waals surface area contributed by atoms with Gasteiger partial charge in [0, 0.05) is 6.42 Å². The molecular weight excluding hydrogens is 165 g/mol. The van der Waals surface area contributed by atoms with E-state index in [2.05, 4.69) is 6.07 Å². The van der Waals surface area contributed by atoms with E-state index in [1.165, 1.54) is 6.92 Å². The Balaban J connectivity index is 2.74. The Morgan fingerprint density at radius 2 is 2.15 bits per heavy atom. The predicted molar refractivity (Wildman–Crippen MR) is 50.0 cm³/mol. The topological polar surface area (TPSA) is 23.8 Å². The van der Waals surface area contributed by atoms with Crippen LogP contribution in [0.25, 0.3) is 0 Å². The van der Waals surface area contributed by atoms with Gasteiger partial charge in [-0.25, -0.2) is 4.39 Å². The molecule has 0 aromatic heterocycles. The van der Waals surface area contributed by atoms with Gasteiger partial charge in [0.15, 0.2) is 0 Å². The van der Waals surface area contributed by atoms with Crippen molar-refractivity contribution in [3.05, 3.63) is 35.4 Å². The van der Waals surface area contributed by atoms with Crippen LogP contribution in [-0.4, -0.2) is 6.17 Å². The van der Waals surface area contributed by atoms with Crippen LogP contribution in [0, 0.1) is 11.3 Å². The number of alkyl halides is 1. The van der Waals surface area contributed by atoms with E-state index in [1.807, 2.05) is 24.3 Å². The molecule has 0 aliphatic heterocycles. The summed E-state index contributed by atoms with van der Waals surface area (Å²) in [5.74, 6) is 0. The van der Waals surface area contributed by atoms with Gasteiger partial charge in [-0.1, -0.05) is 24.3 Å². The zero-order valence-corrected chi connectivity index (χ0v) is 7.63. The summed E-state index contributed by atoms with van der Waals surface area (Å²) in [5.41, 5.74) is 1.92. The molecule has 0 spiro atoms. The fraction of sp³-hybridized carbons (Fsp3) is 0.364. The largest absolute Gasteiger partial charge is 0.247 e. The summed E-state index contributed by atoms with van der Waals surface area (Å²) in [7, 11) is 0. The Morgan fingerprint density at radius 3 is 2.77 bits per heavy atom. The summed E-state index contributed by atoms with van der Waals surface area (Å²) in [6.07, 6.45) is 0.00525. The molecule has 0 saturated heterocycles. The van der Waals surface area contributed by atoms with E-state index in [4.69, 9.17) is 5.26 Å². The van der Waals surface area contributed by atoms with Gasteiger partial charge in [0.25, 0.3) is 0 Å². The van der Waals surface area contributed by atoms with Gasteiger partial charge in [-0.3, -0.25) is 0 Å². The second kappa shape index (κ2) is 4.61. The van der Waals surface area contributed by atoms with Gasteiger partial charge in [0.1, 0.15) is 6.17 Å². The molecule has 1 aromatic carbocycles. The summed E-state index contributed by atoms with van der Waals surface area (Å²) < 4.78 is 12.6. The molecule has 1 rings (SSSR count). The zero-order chi connectivity index (χ0) is 9.68. The monoisotopic (exact) mass is 177 g/mol. The Labute approximate surface area is 77.8 Å². The van der Waals surface area contributed by atoms with Crippen LogP contribution in [0.2, 0.25) is 0 Å². The summed E-state index contributed by atoms with van der Waals surface area (Å²) in [4.78, 5) is 0. The lowest BCUT2D eigenvalue weighted by Crippen LogP contribution is -1.98. The maximum absolute atomic E-state index is 12.6.